The molecule has 84 valence electrons. The Bertz CT molecular complexity index is 456. The molecule has 0 bridgehead atoms. The highest BCUT2D eigenvalue weighted by atomic mass is 79.9. The molecular formula is C12H12BrNOS. The topological polar surface area (TPSA) is 21.3 Å². The predicted molar refractivity (Wildman–Crippen MR) is 72.3 cm³/mol. The van der Waals surface area contributed by atoms with Crippen LogP contribution in [0.1, 0.15) is 4.88 Å². The standard InChI is InChI=1S/C12H12BrNOS/c1-15-9-4-5-11(13)12(7-9)14-8-10-3-2-6-16-10/h2-7,14H,8H2,1H3. The van der Waals surface area contributed by atoms with Crippen LogP contribution in [-0.4, -0.2) is 7.11 Å². The molecule has 1 aromatic carbocycles. The molecule has 0 aliphatic heterocycles. The lowest BCUT2D eigenvalue weighted by atomic mass is 10.3. The summed E-state index contributed by atoms with van der Waals surface area (Å²) in [6.07, 6.45) is 0. The summed E-state index contributed by atoms with van der Waals surface area (Å²) in [5, 5.41) is 5.45. The van der Waals surface area contributed by atoms with Crippen molar-refractivity contribution in [2.75, 3.05) is 12.4 Å². The third kappa shape index (κ3) is 2.77. The highest BCUT2D eigenvalue weighted by Gasteiger charge is 2.02. The van der Waals surface area contributed by atoms with Crippen molar-refractivity contribution in [2.24, 2.45) is 0 Å². The van der Waals surface area contributed by atoms with Crippen molar-refractivity contribution in [3.05, 3.63) is 45.1 Å². The van der Waals surface area contributed by atoms with Crippen LogP contribution in [0.2, 0.25) is 0 Å². The molecule has 16 heavy (non-hydrogen) atoms. The van der Waals surface area contributed by atoms with Crippen molar-refractivity contribution in [3.8, 4) is 5.75 Å². The van der Waals surface area contributed by atoms with Gasteiger partial charge in [0, 0.05) is 22.0 Å². The monoisotopic (exact) mass is 297 g/mol. The Morgan fingerprint density at radius 1 is 1.38 bits per heavy atom. The zero-order valence-corrected chi connectivity index (χ0v) is 11.3. The number of methoxy groups -OCH3 is 1. The fourth-order valence-electron chi connectivity index (χ4n) is 1.36. The fourth-order valence-corrected chi connectivity index (χ4v) is 2.39. The maximum absolute atomic E-state index is 5.19. The van der Waals surface area contributed by atoms with Crippen molar-refractivity contribution < 1.29 is 4.74 Å². The van der Waals surface area contributed by atoms with E-state index in [1.807, 2.05) is 18.2 Å². The van der Waals surface area contributed by atoms with Crippen LogP contribution in [0.5, 0.6) is 5.75 Å². The van der Waals surface area contributed by atoms with Gasteiger partial charge in [-0.25, -0.2) is 0 Å². The minimum Gasteiger partial charge on any atom is -0.497 e. The Kier molecular flexibility index (Phi) is 3.85. The number of ether oxygens (including phenoxy) is 1. The molecule has 4 heteroatoms. The summed E-state index contributed by atoms with van der Waals surface area (Å²) in [5.41, 5.74) is 1.05. The van der Waals surface area contributed by atoms with E-state index in [4.69, 9.17) is 4.74 Å². The molecule has 1 aromatic heterocycles. The normalized spacial score (nSPS) is 10.1. The van der Waals surface area contributed by atoms with Gasteiger partial charge in [0.25, 0.3) is 0 Å². The van der Waals surface area contributed by atoms with Crippen LogP contribution in [-0.2, 0) is 6.54 Å². The van der Waals surface area contributed by atoms with Crippen LogP contribution in [0.3, 0.4) is 0 Å². The molecule has 1 heterocycles. The summed E-state index contributed by atoms with van der Waals surface area (Å²) in [6.45, 7) is 0.837. The van der Waals surface area contributed by atoms with E-state index in [1.54, 1.807) is 18.4 Å². The number of halogens is 1. The summed E-state index contributed by atoms with van der Waals surface area (Å²) < 4.78 is 6.23. The van der Waals surface area contributed by atoms with Gasteiger partial charge in [0.2, 0.25) is 0 Å². The lowest BCUT2D eigenvalue weighted by Gasteiger charge is -2.09. The smallest absolute Gasteiger partial charge is 0.121 e. The minimum absolute atomic E-state index is 0.837. The maximum atomic E-state index is 5.19. The first-order valence-electron chi connectivity index (χ1n) is 4.89. The fraction of sp³-hybridized carbons (Fsp3) is 0.167. The summed E-state index contributed by atoms with van der Waals surface area (Å²) in [5.74, 6) is 0.858. The Hall–Kier alpha value is -1.00. The van der Waals surface area contributed by atoms with Gasteiger partial charge in [0.05, 0.1) is 12.8 Å². The Morgan fingerprint density at radius 3 is 2.94 bits per heavy atom. The average molecular weight is 298 g/mol. The van der Waals surface area contributed by atoms with Gasteiger partial charge in [-0.05, 0) is 39.5 Å². The zero-order chi connectivity index (χ0) is 11.4. The summed E-state index contributed by atoms with van der Waals surface area (Å²) in [6, 6.07) is 10.1. The second-order valence-corrected chi connectivity index (χ2v) is 5.17. The molecule has 2 aromatic rings. The zero-order valence-electron chi connectivity index (χ0n) is 8.87. The second-order valence-electron chi connectivity index (χ2n) is 3.28. The maximum Gasteiger partial charge on any atom is 0.121 e. The lowest BCUT2D eigenvalue weighted by molar-refractivity contribution is 0.415. The molecule has 0 aliphatic carbocycles. The summed E-state index contributed by atoms with van der Waals surface area (Å²) in [7, 11) is 1.67. The van der Waals surface area contributed by atoms with Crippen LogP contribution >= 0.6 is 27.3 Å². The molecule has 0 unspecified atom stereocenters. The van der Waals surface area contributed by atoms with Gasteiger partial charge in [-0.3, -0.25) is 0 Å². The first kappa shape index (κ1) is 11.5. The molecule has 0 radical (unpaired) electrons. The van der Waals surface area contributed by atoms with Gasteiger partial charge in [0.15, 0.2) is 0 Å². The highest BCUT2D eigenvalue weighted by Crippen LogP contribution is 2.27. The number of hydrogen-bond acceptors (Lipinski definition) is 3. The third-order valence-electron chi connectivity index (χ3n) is 2.21. The van der Waals surface area contributed by atoms with E-state index in [0.29, 0.717) is 0 Å². The first-order chi connectivity index (χ1) is 7.79. The van der Waals surface area contributed by atoms with E-state index in [0.717, 1.165) is 22.5 Å². The quantitative estimate of drug-likeness (QED) is 0.916. The molecular weight excluding hydrogens is 286 g/mol. The van der Waals surface area contributed by atoms with Crippen LogP contribution < -0.4 is 10.1 Å². The van der Waals surface area contributed by atoms with Gasteiger partial charge in [-0.1, -0.05) is 6.07 Å². The van der Waals surface area contributed by atoms with Crippen molar-refractivity contribution in [3.63, 3.8) is 0 Å². The highest BCUT2D eigenvalue weighted by molar-refractivity contribution is 9.10. The number of thiophene rings is 1. The molecule has 2 rings (SSSR count). The van der Waals surface area contributed by atoms with Gasteiger partial charge in [0.1, 0.15) is 5.75 Å². The molecule has 2 nitrogen and oxygen atoms in total. The Morgan fingerprint density at radius 2 is 2.25 bits per heavy atom. The number of benzene rings is 1. The average Bonchev–Trinajstić information content (AvgIpc) is 2.81. The van der Waals surface area contributed by atoms with Gasteiger partial charge in [-0.2, -0.15) is 0 Å². The van der Waals surface area contributed by atoms with E-state index in [9.17, 15) is 0 Å². The molecule has 1 N–H and O–H groups in total. The Labute approximate surface area is 107 Å². The van der Waals surface area contributed by atoms with Crippen LogP contribution in [0, 0.1) is 0 Å². The van der Waals surface area contributed by atoms with Gasteiger partial charge >= 0.3 is 0 Å². The lowest BCUT2D eigenvalue weighted by Crippen LogP contribution is -1.98. The van der Waals surface area contributed by atoms with Crippen LogP contribution in [0.25, 0.3) is 0 Å². The molecule has 0 fully saturated rings. The molecule has 0 amide bonds. The van der Waals surface area contributed by atoms with Gasteiger partial charge < -0.3 is 10.1 Å². The molecule has 0 spiro atoms. The van der Waals surface area contributed by atoms with Gasteiger partial charge in [-0.15, -0.1) is 11.3 Å². The molecule has 0 aliphatic rings. The third-order valence-corrected chi connectivity index (χ3v) is 3.77. The van der Waals surface area contributed by atoms with Crippen LogP contribution in [0.15, 0.2) is 40.2 Å². The Balaban J connectivity index is 2.08. The SMILES string of the molecule is COc1ccc(Br)c(NCc2cccs2)c1. The van der Waals surface area contributed by atoms with E-state index in [-0.39, 0.29) is 0 Å². The number of hydrogen-bond donors (Lipinski definition) is 1. The van der Waals surface area contributed by atoms with Crippen molar-refractivity contribution >= 4 is 33.0 Å². The largest absolute Gasteiger partial charge is 0.497 e. The second kappa shape index (κ2) is 5.37. The van der Waals surface area contributed by atoms with Crippen LogP contribution in [0.4, 0.5) is 5.69 Å². The van der Waals surface area contributed by atoms with E-state index in [1.165, 1.54) is 4.88 Å². The number of nitrogens with one attached hydrogen (secondary N) is 1. The van der Waals surface area contributed by atoms with Crippen molar-refractivity contribution in [1.82, 2.24) is 0 Å². The summed E-state index contributed by atoms with van der Waals surface area (Å²) >= 11 is 5.26. The van der Waals surface area contributed by atoms with E-state index >= 15 is 0 Å². The number of anilines is 1. The first-order valence-corrected chi connectivity index (χ1v) is 6.56. The molecule has 0 saturated carbocycles. The minimum atomic E-state index is 0.837. The van der Waals surface area contributed by atoms with Crippen molar-refractivity contribution in [2.45, 2.75) is 6.54 Å². The summed E-state index contributed by atoms with van der Waals surface area (Å²) in [4.78, 5) is 1.31. The predicted octanol–water partition coefficient (Wildman–Crippen LogP) is 4.13. The molecule has 0 atom stereocenters. The van der Waals surface area contributed by atoms with Crippen molar-refractivity contribution in [1.29, 1.82) is 0 Å². The van der Waals surface area contributed by atoms with E-state index < -0.39 is 0 Å². The van der Waals surface area contributed by atoms with E-state index in [2.05, 4.69) is 38.8 Å². The molecule has 0 saturated heterocycles. The number of rotatable bonds is 4.